The molecule has 2 atom stereocenters. The average Bonchev–Trinajstić information content (AvgIpc) is 3.16. The Bertz CT molecular complexity index is 1080. The van der Waals surface area contributed by atoms with Crippen LogP contribution in [0.2, 0.25) is 0 Å². The Hall–Kier alpha value is -1.90. The molecule has 0 radical (unpaired) electrons. The summed E-state index contributed by atoms with van der Waals surface area (Å²) >= 11 is 1.08. The molecule has 0 aliphatic heterocycles. The summed E-state index contributed by atoms with van der Waals surface area (Å²) in [6.07, 6.45) is 5.43. The van der Waals surface area contributed by atoms with Gasteiger partial charge in [0, 0.05) is 10.6 Å². The van der Waals surface area contributed by atoms with Gasteiger partial charge >= 0.3 is 6.03 Å². The van der Waals surface area contributed by atoms with Crippen molar-refractivity contribution < 1.29 is 14.1 Å². The van der Waals surface area contributed by atoms with Crippen molar-refractivity contribution in [3.05, 3.63) is 45.8 Å². The van der Waals surface area contributed by atoms with E-state index in [1.54, 1.807) is 19.9 Å². The van der Waals surface area contributed by atoms with Crippen LogP contribution in [0.25, 0.3) is 0 Å². The van der Waals surface area contributed by atoms with Gasteiger partial charge in [-0.05, 0) is 86.6 Å². The number of anilines is 1. The van der Waals surface area contributed by atoms with Crippen molar-refractivity contribution in [2.45, 2.75) is 68.6 Å². The molecule has 2 amide bonds. The molecule has 2 aromatic rings. The smallest absolute Gasteiger partial charge is 0.331 e. The third kappa shape index (κ3) is 4.26. The van der Waals surface area contributed by atoms with Gasteiger partial charge in [-0.2, -0.15) is 0 Å². The van der Waals surface area contributed by atoms with Gasteiger partial charge in [0.05, 0.1) is 5.60 Å². The fourth-order valence-corrected chi connectivity index (χ4v) is 6.46. The molecule has 8 heteroatoms. The molecule has 162 valence electrons. The van der Waals surface area contributed by atoms with Gasteiger partial charge in [0.25, 0.3) is 0 Å². The third-order valence-electron chi connectivity index (χ3n) is 6.08. The number of aliphatic hydroxyl groups is 1. The zero-order valence-electron chi connectivity index (χ0n) is 17.6. The van der Waals surface area contributed by atoms with E-state index in [2.05, 4.69) is 29.1 Å². The van der Waals surface area contributed by atoms with Crippen molar-refractivity contribution in [1.82, 2.24) is 4.72 Å². The fraction of sp³-hybridized carbons (Fsp3) is 0.500. The first kappa shape index (κ1) is 21.3. The van der Waals surface area contributed by atoms with Crippen molar-refractivity contribution in [1.29, 1.82) is 4.78 Å². The van der Waals surface area contributed by atoms with Crippen molar-refractivity contribution in [2.75, 3.05) is 5.32 Å². The number of thiophene rings is 1. The Kier molecular flexibility index (Phi) is 5.45. The van der Waals surface area contributed by atoms with E-state index >= 15 is 0 Å². The van der Waals surface area contributed by atoms with Gasteiger partial charge in [0.15, 0.2) is 9.92 Å². The van der Waals surface area contributed by atoms with Crippen LogP contribution in [0.5, 0.6) is 0 Å². The highest BCUT2D eigenvalue weighted by Gasteiger charge is 2.32. The number of aryl methyl sites for hydroxylation is 1. The minimum Gasteiger partial charge on any atom is -0.385 e. The Morgan fingerprint density at radius 3 is 2.63 bits per heavy atom. The highest BCUT2D eigenvalue weighted by atomic mass is 32.2. The van der Waals surface area contributed by atoms with Crippen LogP contribution in [0, 0.1) is 10.7 Å². The third-order valence-corrected chi connectivity index (χ3v) is 9.40. The molecule has 6 nitrogen and oxygen atoms in total. The van der Waals surface area contributed by atoms with Gasteiger partial charge in [-0.1, -0.05) is 19.1 Å². The monoisotopic (exact) mass is 447 g/mol. The van der Waals surface area contributed by atoms with Crippen molar-refractivity contribution in [2.24, 2.45) is 5.92 Å². The number of hydrogen-bond acceptors (Lipinski definition) is 5. The Morgan fingerprint density at radius 2 is 2.00 bits per heavy atom. The van der Waals surface area contributed by atoms with E-state index in [4.69, 9.17) is 4.78 Å². The number of hydrogen-bond donors (Lipinski definition) is 4. The maximum atomic E-state index is 12.9. The van der Waals surface area contributed by atoms with Gasteiger partial charge in [-0.25, -0.2) is 18.5 Å². The Labute approximate surface area is 182 Å². The number of rotatable bonds is 6. The summed E-state index contributed by atoms with van der Waals surface area (Å²) in [4.78, 5) is 13.4. The molecular formula is C22H29N3O3S2. The molecule has 0 unspecified atom stereocenters. The van der Waals surface area contributed by atoms with Gasteiger partial charge in [-0.3, -0.25) is 0 Å². The summed E-state index contributed by atoms with van der Waals surface area (Å²) in [5, 5.41) is 13.1. The van der Waals surface area contributed by atoms with E-state index < -0.39 is 21.5 Å². The largest absolute Gasteiger partial charge is 0.385 e. The number of benzene rings is 1. The van der Waals surface area contributed by atoms with Crippen molar-refractivity contribution in [3.8, 4) is 0 Å². The summed E-state index contributed by atoms with van der Waals surface area (Å²) in [6.45, 7) is 5.47. The second-order valence-corrected chi connectivity index (χ2v) is 12.0. The first-order valence-corrected chi connectivity index (χ1v) is 12.8. The average molecular weight is 448 g/mol. The van der Waals surface area contributed by atoms with Gasteiger partial charge < -0.3 is 10.4 Å². The predicted octanol–water partition coefficient (Wildman–Crippen LogP) is 5.12. The minimum atomic E-state index is -3.52. The molecule has 2 aliphatic carbocycles. The quantitative estimate of drug-likeness (QED) is 0.494. The summed E-state index contributed by atoms with van der Waals surface area (Å²) in [5.41, 5.74) is 3.31. The summed E-state index contributed by atoms with van der Waals surface area (Å²) in [7, 11) is -3.52. The summed E-state index contributed by atoms with van der Waals surface area (Å²) in [5.74, 6) is 1.01. The molecule has 0 bridgehead atoms. The molecular weight excluding hydrogens is 418 g/mol. The van der Waals surface area contributed by atoms with Crippen LogP contribution in [0.4, 0.5) is 10.5 Å². The molecule has 1 aromatic carbocycles. The molecule has 1 heterocycles. The van der Waals surface area contributed by atoms with Crippen LogP contribution >= 0.6 is 11.3 Å². The predicted molar refractivity (Wildman–Crippen MR) is 120 cm³/mol. The lowest BCUT2D eigenvalue weighted by atomic mass is 9.91. The number of fused-ring (bicyclic) bond motifs is 1. The summed E-state index contributed by atoms with van der Waals surface area (Å²) in [6, 6.07) is 6.85. The molecule has 0 spiro atoms. The topological polar surface area (TPSA) is 102 Å². The number of carbonyl (C=O) groups is 1. The molecule has 2 aliphatic rings. The minimum absolute atomic E-state index is 0.222. The number of amides is 2. The highest BCUT2D eigenvalue weighted by Crippen LogP contribution is 2.46. The van der Waals surface area contributed by atoms with E-state index in [1.807, 2.05) is 0 Å². The number of urea groups is 1. The zero-order chi connectivity index (χ0) is 21.7. The maximum absolute atomic E-state index is 12.9. The SMILES string of the molecule is C[C@@H](c1ccc2c(c1NC(=O)N[S@@](=N)(=O)c1ccc(C(C)(C)O)s1)CCC2)C1CC1. The zero-order valence-corrected chi connectivity index (χ0v) is 19.2. The van der Waals surface area contributed by atoms with Crippen LogP contribution in [-0.4, -0.2) is 15.3 Å². The Balaban J connectivity index is 1.57. The van der Waals surface area contributed by atoms with E-state index in [9.17, 15) is 14.1 Å². The van der Waals surface area contributed by atoms with E-state index in [0.29, 0.717) is 16.7 Å². The maximum Gasteiger partial charge on any atom is 0.331 e. The first-order chi connectivity index (χ1) is 14.1. The van der Waals surface area contributed by atoms with Gasteiger partial charge in [0.2, 0.25) is 0 Å². The molecule has 1 fully saturated rings. The van der Waals surface area contributed by atoms with E-state index in [-0.39, 0.29) is 4.21 Å². The normalized spacial score (nSPS) is 19.1. The number of nitrogens with one attached hydrogen (secondary N) is 3. The van der Waals surface area contributed by atoms with Crippen LogP contribution < -0.4 is 10.0 Å². The lowest BCUT2D eigenvalue weighted by Gasteiger charge is -2.21. The van der Waals surface area contributed by atoms with E-state index in [0.717, 1.165) is 41.9 Å². The molecule has 4 rings (SSSR count). The lowest BCUT2D eigenvalue weighted by molar-refractivity contribution is 0.0825. The Morgan fingerprint density at radius 1 is 1.27 bits per heavy atom. The second kappa shape index (κ2) is 7.66. The fourth-order valence-electron chi connectivity index (χ4n) is 4.19. The molecule has 1 aromatic heterocycles. The van der Waals surface area contributed by atoms with Gasteiger partial charge in [0.1, 0.15) is 4.21 Å². The summed E-state index contributed by atoms with van der Waals surface area (Å²) < 4.78 is 23.7. The van der Waals surface area contributed by atoms with Crippen LogP contribution in [-0.2, 0) is 28.4 Å². The van der Waals surface area contributed by atoms with Crippen LogP contribution in [0.3, 0.4) is 0 Å². The van der Waals surface area contributed by atoms with Gasteiger partial charge in [-0.15, -0.1) is 11.3 Å². The van der Waals surface area contributed by atoms with E-state index in [1.165, 1.54) is 30.0 Å². The standard InChI is InChI=1S/C22H29N3O3S2/c1-13(14-7-8-14)16-10-9-15-5-4-6-17(15)20(16)24-21(26)25-30(23,28)19-12-11-18(29-19)22(2,3)27/h9-14,27H,4-8H2,1-3H3,(H3,23,24,25,26,28)/t13-,30-/m1/s1. The molecule has 0 saturated heterocycles. The second-order valence-electron chi connectivity index (χ2n) is 8.94. The molecule has 4 N–H and O–H groups in total. The van der Waals surface area contributed by atoms with Crippen molar-refractivity contribution in [3.63, 3.8) is 0 Å². The number of carbonyl (C=O) groups excluding carboxylic acids is 1. The van der Waals surface area contributed by atoms with Crippen LogP contribution in [0.1, 0.15) is 67.5 Å². The molecule has 30 heavy (non-hydrogen) atoms. The lowest BCUT2D eigenvalue weighted by Crippen LogP contribution is -2.34. The molecule has 1 saturated carbocycles. The van der Waals surface area contributed by atoms with Crippen LogP contribution in [0.15, 0.2) is 28.5 Å². The highest BCUT2D eigenvalue weighted by molar-refractivity contribution is 7.93. The van der Waals surface area contributed by atoms with Crippen molar-refractivity contribution >= 4 is 33.0 Å². The first-order valence-electron chi connectivity index (χ1n) is 10.4.